The van der Waals surface area contributed by atoms with Gasteiger partial charge in [0, 0.05) is 26.7 Å². The summed E-state index contributed by atoms with van der Waals surface area (Å²) in [4.78, 5) is 6.61. The highest BCUT2D eigenvalue weighted by Gasteiger charge is 2.02. The predicted octanol–water partition coefficient (Wildman–Crippen LogP) is 3.93. The predicted molar refractivity (Wildman–Crippen MR) is 122 cm³/mol. The summed E-state index contributed by atoms with van der Waals surface area (Å²) in [5, 5.41) is 6.75. The van der Waals surface area contributed by atoms with Crippen LogP contribution in [0.1, 0.15) is 29.2 Å². The molecule has 0 heterocycles. The number of hydrogen-bond donors (Lipinski definition) is 2. The van der Waals surface area contributed by atoms with E-state index in [9.17, 15) is 0 Å². The third-order valence-electron chi connectivity index (χ3n) is 4.25. The van der Waals surface area contributed by atoms with Gasteiger partial charge in [-0.05, 0) is 37.2 Å². The van der Waals surface area contributed by atoms with E-state index in [1.54, 1.807) is 7.05 Å². The third kappa shape index (κ3) is 7.74. The van der Waals surface area contributed by atoms with Crippen LogP contribution in [0.25, 0.3) is 0 Å². The third-order valence-corrected chi connectivity index (χ3v) is 4.25. The van der Waals surface area contributed by atoms with E-state index in [1.807, 2.05) is 0 Å². The summed E-state index contributed by atoms with van der Waals surface area (Å²) in [6.07, 6.45) is 0. The number of aryl methyl sites for hydroxylation is 1. The topological polar surface area (TPSA) is 39.7 Å². The normalized spacial score (nSPS) is 11.2. The first-order valence-electron chi connectivity index (χ1n) is 8.87. The standard InChI is InChI=1S/C21H30N4.HI/c1-5-25(4)16-20-8-6-7-19(13-20)15-24-21(22-3)23-14-18-11-9-17(2)10-12-18;/h6-13H,5,14-16H2,1-4H3,(H2,22,23,24);1H. The van der Waals surface area contributed by atoms with Crippen LogP contribution in [-0.2, 0) is 19.6 Å². The number of nitrogens with one attached hydrogen (secondary N) is 2. The van der Waals surface area contributed by atoms with Crippen molar-refractivity contribution in [3.8, 4) is 0 Å². The molecule has 2 aromatic carbocycles. The molecule has 0 radical (unpaired) electrons. The maximum atomic E-state index is 4.31. The molecule has 0 aliphatic carbocycles. The van der Waals surface area contributed by atoms with Gasteiger partial charge in [0.25, 0.3) is 0 Å². The summed E-state index contributed by atoms with van der Waals surface area (Å²) >= 11 is 0. The smallest absolute Gasteiger partial charge is 0.191 e. The molecule has 5 heteroatoms. The van der Waals surface area contributed by atoms with Crippen LogP contribution in [0.4, 0.5) is 0 Å². The van der Waals surface area contributed by atoms with Crippen molar-refractivity contribution in [3.63, 3.8) is 0 Å². The van der Waals surface area contributed by atoms with Crippen LogP contribution < -0.4 is 10.6 Å². The van der Waals surface area contributed by atoms with Crippen molar-refractivity contribution < 1.29 is 0 Å². The van der Waals surface area contributed by atoms with Crippen LogP contribution >= 0.6 is 24.0 Å². The van der Waals surface area contributed by atoms with E-state index in [2.05, 4.69) is 90.0 Å². The molecule has 0 aliphatic heterocycles. The molecule has 0 bridgehead atoms. The number of guanidine groups is 1. The molecule has 0 saturated carbocycles. The minimum absolute atomic E-state index is 0. The Hall–Kier alpha value is -1.60. The van der Waals surface area contributed by atoms with Gasteiger partial charge >= 0.3 is 0 Å². The zero-order chi connectivity index (χ0) is 18.1. The Kier molecular flexibility index (Phi) is 10.3. The van der Waals surface area contributed by atoms with Crippen LogP contribution in [0.2, 0.25) is 0 Å². The largest absolute Gasteiger partial charge is 0.352 e. The molecule has 0 unspecified atom stereocenters. The molecule has 142 valence electrons. The first kappa shape index (κ1) is 22.4. The molecule has 0 atom stereocenters. The minimum atomic E-state index is 0. The molecule has 0 saturated heterocycles. The SMILES string of the molecule is CCN(C)Cc1cccc(CNC(=NC)NCc2ccc(C)cc2)c1.I. The van der Waals surface area contributed by atoms with Crippen LogP contribution in [0.15, 0.2) is 53.5 Å². The van der Waals surface area contributed by atoms with E-state index in [1.165, 1.54) is 22.3 Å². The Labute approximate surface area is 175 Å². The number of benzene rings is 2. The van der Waals surface area contributed by atoms with E-state index in [-0.39, 0.29) is 24.0 Å². The van der Waals surface area contributed by atoms with Crippen LogP contribution in [0, 0.1) is 6.92 Å². The highest BCUT2D eigenvalue weighted by molar-refractivity contribution is 14.0. The summed E-state index contributed by atoms with van der Waals surface area (Å²) in [6.45, 7) is 7.83. The van der Waals surface area contributed by atoms with Gasteiger partial charge in [0.2, 0.25) is 0 Å². The highest BCUT2D eigenvalue weighted by Crippen LogP contribution is 2.07. The average molecular weight is 466 g/mol. The van der Waals surface area contributed by atoms with Gasteiger partial charge in [0.15, 0.2) is 5.96 Å². The van der Waals surface area contributed by atoms with E-state index >= 15 is 0 Å². The van der Waals surface area contributed by atoms with Crippen LogP contribution in [0.3, 0.4) is 0 Å². The molecule has 0 spiro atoms. The number of hydrogen-bond acceptors (Lipinski definition) is 2. The Morgan fingerprint density at radius 2 is 1.58 bits per heavy atom. The van der Waals surface area contributed by atoms with E-state index in [0.717, 1.165) is 32.1 Å². The van der Waals surface area contributed by atoms with Gasteiger partial charge in [-0.2, -0.15) is 0 Å². The van der Waals surface area contributed by atoms with Crippen molar-refractivity contribution in [2.24, 2.45) is 4.99 Å². The molecular formula is C21H31IN4. The Morgan fingerprint density at radius 3 is 2.19 bits per heavy atom. The van der Waals surface area contributed by atoms with Gasteiger partial charge in [-0.25, -0.2) is 0 Å². The van der Waals surface area contributed by atoms with Crippen LogP contribution in [-0.4, -0.2) is 31.5 Å². The van der Waals surface area contributed by atoms with Gasteiger partial charge in [0.05, 0.1) is 0 Å². The number of aliphatic imine (C=N–C) groups is 1. The Balaban J connectivity index is 0.00000338. The van der Waals surface area contributed by atoms with Gasteiger partial charge in [0.1, 0.15) is 0 Å². The molecule has 26 heavy (non-hydrogen) atoms. The number of rotatable bonds is 7. The average Bonchev–Trinajstić information content (AvgIpc) is 2.63. The van der Waals surface area contributed by atoms with Gasteiger partial charge in [-0.1, -0.05) is 61.0 Å². The molecule has 2 aromatic rings. The van der Waals surface area contributed by atoms with E-state index < -0.39 is 0 Å². The second kappa shape index (κ2) is 11.9. The maximum absolute atomic E-state index is 4.31. The van der Waals surface area contributed by atoms with Gasteiger partial charge in [-0.15, -0.1) is 24.0 Å². The zero-order valence-corrected chi connectivity index (χ0v) is 18.6. The first-order chi connectivity index (χ1) is 12.1. The summed E-state index contributed by atoms with van der Waals surface area (Å²) in [7, 11) is 3.94. The van der Waals surface area contributed by atoms with Crippen molar-refractivity contribution in [3.05, 3.63) is 70.8 Å². The minimum Gasteiger partial charge on any atom is -0.352 e. The molecular weight excluding hydrogens is 435 g/mol. The molecule has 4 nitrogen and oxygen atoms in total. The van der Waals surface area contributed by atoms with Crippen molar-refractivity contribution in [2.45, 2.75) is 33.5 Å². The summed E-state index contributed by atoms with van der Waals surface area (Å²) < 4.78 is 0. The molecule has 0 aliphatic rings. The van der Waals surface area contributed by atoms with Crippen molar-refractivity contribution in [1.29, 1.82) is 0 Å². The zero-order valence-electron chi connectivity index (χ0n) is 16.2. The lowest BCUT2D eigenvalue weighted by Gasteiger charge is -2.15. The lowest BCUT2D eigenvalue weighted by Crippen LogP contribution is -2.36. The molecule has 0 aromatic heterocycles. The van der Waals surface area contributed by atoms with E-state index in [4.69, 9.17) is 0 Å². The maximum Gasteiger partial charge on any atom is 0.191 e. The van der Waals surface area contributed by atoms with Gasteiger partial charge in [-0.3, -0.25) is 4.99 Å². The lowest BCUT2D eigenvalue weighted by atomic mass is 10.1. The van der Waals surface area contributed by atoms with E-state index in [0.29, 0.717) is 0 Å². The fourth-order valence-electron chi connectivity index (χ4n) is 2.56. The molecule has 0 fully saturated rings. The molecule has 2 N–H and O–H groups in total. The summed E-state index contributed by atoms with van der Waals surface area (Å²) in [6, 6.07) is 17.3. The van der Waals surface area contributed by atoms with Crippen LogP contribution in [0.5, 0.6) is 0 Å². The van der Waals surface area contributed by atoms with Crippen molar-refractivity contribution in [2.75, 3.05) is 20.6 Å². The second-order valence-corrected chi connectivity index (χ2v) is 6.42. The van der Waals surface area contributed by atoms with Crippen molar-refractivity contribution in [1.82, 2.24) is 15.5 Å². The monoisotopic (exact) mass is 466 g/mol. The highest BCUT2D eigenvalue weighted by atomic mass is 127. The van der Waals surface area contributed by atoms with Gasteiger partial charge < -0.3 is 15.5 Å². The summed E-state index contributed by atoms with van der Waals surface area (Å²) in [5.41, 5.74) is 5.13. The van der Waals surface area contributed by atoms with Crippen molar-refractivity contribution >= 4 is 29.9 Å². The second-order valence-electron chi connectivity index (χ2n) is 6.42. The first-order valence-corrected chi connectivity index (χ1v) is 8.87. The Morgan fingerprint density at radius 1 is 0.962 bits per heavy atom. The number of nitrogens with zero attached hydrogens (tertiary/aromatic N) is 2. The Bertz CT molecular complexity index is 683. The fraction of sp³-hybridized carbons (Fsp3) is 0.381. The lowest BCUT2D eigenvalue weighted by molar-refractivity contribution is 0.345. The number of halogens is 1. The molecule has 0 amide bonds. The summed E-state index contributed by atoms with van der Waals surface area (Å²) in [5.74, 6) is 0.816. The molecule has 2 rings (SSSR count). The fourth-order valence-corrected chi connectivity index (χ4v) is 2.56. The quantitative estimate of drug-likeness (QED) is 0.369.